The van der Waals surface area contributed by atoms with Gasteiger partial charge in [-0.2, -0.15) is 0 Å². The first-order valence-electron chi connectivity index (χ1n) is 9.62. The number of rotatable bonds is 9. The zero-order valence-electron chi connectivity index (χ0n) is 16.3. The zero-order chi connectivity index (χ0) is 20.5. The van der Waals surface area contributed by atoms with Gasteiger partial charge in [0.25, 0.3) is 0 Å². The summed E-state index contributed by atoms with van der Waals surface area (Å²) in [5, 5.41) is 11.8. The number of aliphatic imine (C=N–C) groups is 1. The fourth-order valence-electron chi connectivity index (χ4n) is 2.67. The summed E-state index contributed by atoms with van der Waals surface area (Å²) in [6, 6.07) is 5.95. The van der Waals surface area contributed by atoms with Crippen molar-refractivity contribution in [1.29, 1.82) is 0 Å². The molecule has 28 heavy (non-hydrogen) atoms. The van der Waals surface area contributed by atoms with Gasteiger partial charge in [-0.3, -0.25) is 19.5 Å². The Morgan fingerprint density at radius 2 is 1.89 bits per heavy atom. The van der Waals surface area contributed by atoms with Crippen LogP contribution in [0.5, 0.6) is 0 Å². The molecule has 152 valence electrons. The van der Waals surface area contributed by atoms with Gasteiger partial charge in [-0.15, -0.1) is 0 Å². The molecule has 1 aromatic rings. The second-order valence-corrected chi connectivity index (χ2v) is 7.77. The molecule has 1 aromatic carbocycles. The first-order valence-corrected chi connectivity index (χ1v) is 10.5. The normalized spacial score (nSPS) is 18.4. The van der Waals surface area contributed by atoms with Crippen molar-refractivity contribution >= 4 is 40.4 Å². The van der Waals surface area contributed by atoms with Crippen LogP contribution in [0.1, 0.15) is 56.3 Å². The van der Waals surface area contributed by atoms with E-state index in [0.717, 1.165) is 25.7 Å². The lowest BCUT2D eigenvalue weighted by Gasteiger charge is -2.31. The standard InChI is InChI=1S/C20H27N3O4S/c1-3-5-11-21-20-23(12-6-4-2)17(24)13-16(28-20)18(25)22-15-9-7-14(8-10-15)19(26)27/h7-10,16H,3-6,11-13H2,1-2H3,(H,22,25)(H,26,27)/t16-/m1/s1. The lowest BCUT2D eigenvalue weighted by Crippen LogP contribution is -2.45. The largest absolute Gasteiger partial charge is 0.478 e. The molecule has 0 aromatic heterocycles. The van der Waals surface area contributed by atoms with Crippen molar-refractivity contribution in [2.24, 2.45) is 4.99 Å². The minimum absolute atomic E-state index is 0.0798. The number of hydrogen-bond acceptors (Lipinski definition) is 5. The zero-order valence-corrected chi connectivity index (χ0v) is 17.1. The molecule has 7 nitrogen and oxygen atoms in total. The maximum atomic E-state index is 12.7. The highest BCUT2D eigenvalue weighted by molar-refractivity contribution is 8.15. The number of unbranched alkanes of at least 4 members (excludes halogenated alkanes) is 2. The van der Waals surface area contributed by atoms with Crippen molar-refractivity contribution in [3.05, 3.63) is 29.8 Å². The Hall–Kier alpha value is -2.35. The molecule has 0 radical (unpaired) electrons. The average molecular weight is 406 g/mol. The minimum atomic E-state index is -1.02. The molecule has 0 bridgehead atoms. The van der Waals surface area contributed by atoms with Gasteiger partial charge < -0.3 is 10.4 Å². The van der Waals surface area contributed by atoms with Crippen LogP contribution >= 0.6 is 11.8 Å². The van der Waals surface area contributed by atoms with Crippen molar-refractivity contribution < 1.29 is 19.5 Å². The highest BCUT2D eigenvalue weighted by atomic mass is 32.2. The number of benzene rings is 1. The predicted octanol–water partition coefficient (Wildman–Crippen LogP) is 3.61. The van der Waals surface area contributed by atoms with E-state index in [0.29, 0.717) is 23.9 Å². The van der Waals surface area contributed by atoms with Gasteiger partial charge >= 0.3 is 5.97 Å². The van der Waals surface area contributed by atoms with Gasteiger partial charge in [0.2, 0.25) is 11.8 Å². The van der Waals surface area contributed by atoms with Gasteiger partial charge in [0.05, 0.1) is 5.56 Å². The number of carboxylic acids is 1. The average Bonchev–Trinajstić information content (AvgIpc) is 2.67. The van der Waals surface area contributed by atoms with Gasteiger partial charge in [0, 0.05) is 25.2 Å². The monoisotopic (exact) mass is 405 g/mol. The van der Waals surface area contributed by atoms with E-state index in [1.165, 1.54) is 23.9 Å². The maximum Gasteiger partial charge on any atom is 0.335 e. The van der Waals surface area contributed by atoms with Crippen molar-refractivity contribution in [1.82, 2.24) is 4.90 Å². The molecule has 8 heteroatoms. The Morgan fingerprint density at radius 3 is 2.50 bits per heavy atom. The van der Waals surface area contributed by atoms with E-state index >= 15 is 0 Å². The smallest absolute Gasteiger partial charge is 0.335 e. The summed E-state index contributed by atoms with van der Waals surface area (Å²) in [4.78, 5) is 42.5. The molecule has 1 saturated heterocycles. The molecular weight excluding hydrogens is 378 g/mol. The first-order chi connectivity index (χ1) is 13.5. The van der Waals surface area contributed by atoms with Crippen LogP contribution in [0.4, 0.5) is 5.69 Å². The van der Waals surface area contributed by atoms with E-state index in [1.54, 1.807) is 17.0 Å². The number of carbonyl (C=O) groups excluding carboxylic acids is 2. The van der Waals surface area contributed by atoms with Crippen LogP contribution < -0.4 is 5.32 Å². The Labute approximate surface area is 169 Å². The predicted molar refractivity (Wildman–Crippen MR) is 112 cm³/mol. The number of thioether (sulfide) groups is 1. The van der Waals surface area contributed by atoms with Crippen LogP contribution in [-0.2, 0) is 9.59 Å². The van der Waals surface area contributed by atoms with E-state index in [-0.39, 0.29) is 23.8 Å². The molecule has 0 saturated carbocycles. The van der Waals surface area contributed by atoms with E-state index in [2.05, 4.69) is 24.2 Å². The summed E-state index contributed by atoms with van der Waals surface area (Å²) in [5.41, 5.74) is 0.651. The number of hydrogen-bond donors (Lipinski definition) is 2. The topological polar surface area (TPSA) is 99.1 Å². The van der Waals surface area contributed by atoms with Gasteiger partial charge in [-0.05, 0) is 37.1 Å². The number of aromatic carboxylic acids is 1. The van der Waals surface area contributed by atoms with E-state index in [1.807, 2.05) is 0 Å². The number of anilines is 1. The molecule has 1 aliphatic heterocycles. The summed E-state index contributed by atoms with van der Waals surface area (Å²) in [6.07, 6.45) is 3.95. The number of carbonyl (C=O) groups is 3. The summed E-state index contributed by atoms with van der Waals surface area (Å²) in [6.45, 7) is 5.42. The number of nitrogens with one attached hydrogen (secondary N) is 1. The molecule has 1 atom stereocenters. The molecule has 0 spiro atoms. The van der Waals surface area contributed by atoms with E-state index in [4.69, 9.17) is 5.11 Å². The van der Waals surface area contributed by atoms with Gasteiger partial charge in [0.1, 0.15) is 5.25 Å². The highest BCUT2D eigenvalue weighted by Gasteiger charge is 2.35. The molecule has 1 heterocycles. The summed E-state index contributed by atoms with van der Waals surface area (Å²) >= 11 is 1.33. The molecule has 0 aliphatic carbocycles. The van der Waals surface area contributed by atoms with Crippen molar-refractivity contribution in [2.75, 3.05) is 18.4 Å². The lowest BCUT2D eigenvalue weighted by atomic mass is 10.2. The van der Waals surface area contributed by atoms with Crippen LogP contribution in [-0.4, -0.2) is 51.3 Å². The van der Waals surface area contributed by atoms with Crippen LogP contribution in [0.2, 0.25) is 0 Å². The third kappa shape index (κ3) is 6.09. The van der Waals surface area contributed by atoms with Crippen LogP contribution in [0.15, 0.2) is 29.3 Å². The first kappa shape index (κ1) is 21.9. The Morgan fingerprint density at radius 1 is 1.21 bits per heavy atom. The van der Waals surface area contributed by atoms with Gasteiger partial charge in [0.15, 0.2) is 5.17 Å². The van der Waals surface area contributed by atoms with Crippen molar-refractivity contribution in [3.8, 4) is 0 Å². The second kappa shape index (κ2) is 10.8. The van der Waals surface area contributed by atoms with E-state index < -0.39 is 11.2 Å². The van der Waals surface area contributed by atoms with E-state index in [9.17, 15) is 14.4 Å². The minimum Gasteiger partial charge on any atom is -0.478 e. The fraction of sp³-hybridized carbons (Fsp3) is 0.500. The molecular formula is C20H27N3O4S. The van der Waals surface area contributed by atoms with Crippen LogP contribution in [0.25, 0.3) is 0 Å². The lowest BCUT2D eigenvalue weighted by molar-refractivity contribution is -0.129. The number of carboxylic acid groups (broad SMARTS) is 1. The fourth-order valence-corrected chi connectivity index (χ4v) is 3.80. The summed E-state index contributed by atoms with van der Waals surface area (Å²) in [5.74, 6) is -1.38. The third-order valence-corrected chi connectivity index (χ3v) is 5.55. The Kier molecular flexibility index (Phi) is 8.50. The molecule has 2 rings (SSSR count). The molecule has 1 fully saturated rings. The van der Waals surface area contributed by atoms with Gasteiger partial charge in [-0.25, -0.2) is 4.79 Å². The Balaban J connectivity index is 2.07. The molecule has 0 unspecified atom stereocenters. The summed E-state index contributed by atoms with van der Waals surface area (Å²) < 4.78 is 0. The number of nitrogens with zero attached hydrogens (tertiary/aromatic N) is 2. The van der Waals surface area contributed by atoms with Crippen molar-refractivity contribution in [3.63, 3.8) is 0 Å². The SMILES string of the molecule is CCCCN=C1S[C@@H](C(=O)Nc2ccc(C(=O)O)cc2)CC(=O)N1CCCC. The Bertz CT molecular complexity index is 733. The quantitative estimate of drug-likeness (QED) is 0.612. The summed E-state index contributed by atoms with van der Waals surface area (Å²) in [7, 11) is 0. The maximum absolute atomic E-state index is 12.7. The molecule has 2 amide bonds. The highest BCUT2D eigenvalue weighted by Crippen LogP contribution is 2.28. The molecule has 1 aliphatic rings. The number of amidine groups is 1. The number of amides is 2. The third-order valence-electron chi connectivity index (χ3n) is 4.33. The van der Waals surface area contributed by atoms with Crippen LogP contribution in [0, 0.1) is 0 Å². The van der Waals surface area contributed by atoms with Crippen molar-refractivity contribution in [2.45, 2.75) is 51.2 Å². The van der Waals surface area contributed by atoms with Crippen LogP contribution in [0.3, 0.4) is 0 Å². The molecule has 2 N–H and O–H groups in total. The van der Waals surface area contributed by atoms with Gasteiger partial charge in [-0.1, -0.05) is 38.5 Å². The second-order valence-electron chi connectivity index (χ2n) is 6.60.